The van der Waals surface area contributed by atoms with Crippen molar-refractivity contribution < 1.29 is 22.4 Å². The summed E-state index contributed by atoms with van der Waals surface area (Å²) in [6.45, 7) is 0.116. The predicted octanol–water partition coefficient (Wildman–Crippen LogP) is 2.96. The third-order valence-electron chi connectivity index (χ3n) is 6.92. The topological polar surface area (TPSA) is 88.5 Å². The van der Waals surface area contributed by atoms with Crippen LogP contribution in [0.5, 0.6) is 0 Å². The average Bonchev–Trinajstić information content (AvgIpc) is 3.06. The van der Waals surface area contributed by atoms with Gasteiger partial charge in [-0.15, -0.1) is 0 Å². The highest BCUT2D eigenvalue weighted by Gasteiger charge is 2.69. The summed E-state index contributed by atoms with van der Waals surface area (Å²) in [6.07, 6.45) is 3.60. The van der Waals surface area contributed by atoms with E-state index in [2.05, 4.69) is 15.4 Å². The molecule has 2 aromatic rings. The predicted molar refractivity (Wildman–Crippen MR) is 103 cm³/mol. The van der Waals surface area contributed by atoms with Gasteiger partial charge in [-0.2, -0.15) is 5.10 Å². The molecule has 0 unspecified atom stereocenters. The summed E-state index contributed by atoms with van der Waals surface area (Å²) in [5, 5.41) is 6.85. The number of nitrogens with one attached hydrogen (secondary N) is 1. The van der Waals surface area contributed by atoms with E-state index in [0.29, 0.717) is 29.7 Å². The highest BCUT2D eigenvalue weighted by Crippen LogP contribution is 2.55. The van der Waals surface area contributed by atoms with Crippen molar-refractivity contribution in [1.29, 1.82) is 0 Å². The number of aromatic nitrogens is 3. The minimum absolute atomic E-state index is 0.00837. The van der Waals surface area contributed by atoms with E-state index in [1.165, 1.54) is 4.90 Å². The maximum Gasteiger partial charge on any atom is 0.317 e. The number of fused-ring (bicyclic) bond motifs is 2. The van der Waals surface area contributed by atoms with Crippen LogP contribution >= 0.6 is 0 Å². The third kappa shape index (κ3) is 3.72. The van der Waals surface area contributed by atoms with Crippen molar-refractivity contribution in [2.24, 2.45) is 23.5 Å². The summed E-state index contributed by atoms with van der Waals surface area (Å²) < 4.78 is 55.9. The van der Waals surface area contributed by atoms with Crippen molar-refractivity contribution in [3.8, 4) is 0 Å². The van der Waals surface area contributed by atoms with Crippen LogP contribution in [0.15, 0.2) is 18.5 Å². The zero-order chi connectivity index (χ0) is 22.0. The molecule has 0 radical (unpaired) electrons. The number of halogens is 4. The van der Waals surface area contributed by atoms with Gasteiger partial charge in [0.25, 0.3) is 5.92 Å². The number of imidazole rings is 1. The maximum atomic E-state index is 13.7. The van der Waals surface area contributed by atoms with Gasteiger partial charge in [0.2, 0.25) is 5.92 Å². The molecule has 1 saturated heterocycles. The lowest BCUT2D eigenvalue weighted by Gasteiger charge is -2.31. The molecular weight excluding hydrogens is 416 g/mol. The molecule has 3 aliphatic rings. The fraction of sp³-hybridized carbons (Fsp3) is 0.650. The Balaban J connectivity index is 1.30. The fourth-order valence-electron chi connectivity index (χ4n) is 4.82. The van der Waals surface area contributed by atoms with Crippen LogP contribution in [-0.2, 0) is 6.54 Å². The number of urea groups is 1. The number of nitrogens with zero attached hydrogens (tertiary/aromatic N) is 4. The molecule has 1 aliphatic heterocycles. The smallest absolute Gasteiger partial charge is 0.317 e. The van der Waals surface area contributed by atoms with Crippen molar-refractivity contribution in [1.82, 2.24) is 24.8 Å². The minimum Gasteiger partial charge on any atom is -0.337 e. The van der Waals surface area contributed by atoms with Crippen LogP contribution < -0.4 is 11.1 Å². The van der Waals surface area contributed by atoms with Crippen LogP contribution in [0.4, 0.5) is 22.4 Å². The van der Waals surface area contributed by atoms with E-state index in [1.54, 1.807) is 23.0 Å². The number of carbonyl (C=O) groups excluding carboxylic acids is 1. The fourth-order valence-corrected chi connectivity index (χ4v) is 4.82. The molecule has 2 aromatic heterocycles. The van der Waals surface area contributed by atoms with Crippen LogP contribution in [0.2, 0.25) is 0 Å². The van der Waals surface area contributed by atoms with Gasteiger partial charge in [-0.3, -0.25) is 0 Å². The molecule has 0 spiro atoms. The Hall–Kier alpha value is -2.43. The lowest BCUT2D eigenvalue weighted by molar-refractivity contribution is -0.0484. The lowest BCUT2D eigenvalue weighted by atomic mass is 9.81. The highest BCUT2D eigenvalue weighted by atomic mass is 19.3. The highest BCUT2D eigenvalue weighted by molar-refractivity contribution is 5.75. The molecule has 168 valence electrons. The second kappa shape index (κ2) is 7.04. The van der Waals surface area contributed by atoms with Crippen LogP contribution in [0.1, 0.15) is 43.0 Å². The Bertz CT molecular complexity index is 1000. The number of rotatable bonds is 4. The van der Waals surface area contributed by atoms with E-state index in [0.717, 1.165) is 0 Å². The van der Waals surface area contributed by atoms with E-state index in [-0.39, 0.29) is 44.4 Å². The number of carbonyl (C=O) groups is 1. The normalized spacial score (nSPS) is 28.7. The minimum atomic E-state index is -2.73. The largest absolute Gasteiger partial charge is 0.337 e. The molecule has 3 heterocycles. The second-order valence-corrected chi connectivity index (χ2v) is 9.01. The van der Waals surface area contributed by atoms with Crippen molar-refractivity contribution in [3.05, 3.63) is 29.7 Å². The Morgan fingerprint density at radius 1 is 1.23 bits per heavy atom. The summed E-state index contributed by atoms with van der Waals surface area (Å²) in [4.78, 5) is 18.1. The quantitative estimate of drug-likeness (QED) is 0.716. The number of nitrogens with two attached hydrogens (primary N) is 1. The number of hydrogen-bond acceptors (Lipinski definition) is 4. The Labute approximate surface area is 176 Å². The Morgan fingerprint density at radius 2 is 1.97 bits per heavy atom. The number of alkyl halides is 4. The molecule has 0 bridgehead atoms. The molecule has 7 nitrogen and oxygen atoms in total. The van der Waals surface area contributed by atoms with Crippen molar-refractivity contribution in [2.75, 3.05) is 13.1 Å². The molecule has 2 amide bonds. The summed E-state index contributed by atoms with van der Waals surface area (Å²) in [7, 11) is 0. The first-order valence-corrected chi connectivity index (χ1v) is 10.5. The molecule has 2 aliphatic carbocycles. The van der Waals surface area contributed by atoms with Gasteiger partial charge >= 0.3 is 6.03 Å². The van der Waals surface area contributed by atoms with Crippen molar-refractivity contribution in [3.63, 3.8) is 0 Å². The molecule has 2 saturated carbocycles. The van der Waals surface area contributed by atoms with Gasteiger partial charge in [0, 0.05) is 32.5 Å². The molecule has 3 N–H and O–H groups in total. The van der Waals surface area contributed by atoms with Gasteiger partial charge in [-0.1, -0.05) is 0 Å². The first-order chi connectivity index (χ1) is 14.6. The molecule has 0 aromatic carbocycles. The first-order valence-electron chi connectivity index (χ1n) is 10.5. The van der Waals surface area contributed by atoms with E-state index >= 15 is 0 Å². The van der Waals surface area contributed by atoms with Gasteiger partial charge in [0.05, 0.1) is 36.0 Å². The van der Waals surface area contributed by atoms with E-state index in [4.69, 9.17) is 5.73 Å². The summed E-state index contributed by atoms with van der Waals surface area (Å²) in [6, 6.07) is 0.897. The van der Waals surface area contributed by atoms with Crippen LogP contribution in [0.25, 0.3) is 5.65 Å². The molecule has 3 atom stereocenters. The van der Waals surface area contributed by atoms with Gasteiger partial charge in [-0.05, 0) is 30.4 Å². The van der Waals surface area contributed by atoms with Gasteiger partial charge < -0.3 is 16.0 Å². The second-order valence-electron chi connectivity index (χ2n) is 9.01. The summed E-state index contributed by atoms with van der Waals surface area (Å²) in [5.41, 5.74) is 8.06. The Morgan fingerprint density at radius 3 is 2.71 bits per heavy atom. The van der Waals surface area contributed by atoms with Crippen molar-refractivity contribution in [2.45, 2.75) is 50.1 Å². The average molecular weight is 440 g/mol. The Kier molecular flexibility index (Phi) is 4.65. The van der Waals surface area contributed by atoms with Crippen molar-refractivity contribution >= 4 is 11.7 Å². The van der Waals surface area contributed by atoms with E-state index in [1.807, 2.05) is 0 Å². The monoisotopic (exact) mass is 440 g/mol. The van der Waals surface area contributed by atoms with Crippen LogP contribution in [0, 0.1) is 17.8 Å². The molecular formula is C20H24F4N6O. The van der Waals surface area contributed by atoms with E-state index in [9.17, 15) is 22.4 Å². The zero-order valence-corrected chi connectivity index (χ0v) is 16.8. The molecule has 3 fully saturated rings. The SMILES string of the molecule is N[C@H](c1cn2ncc(CN3C[C@H]4[C@@H](CNC3=O)C4(F)F)cc2n1)C1CCC(F)(F)CC1. The summed E-state index contributed by atoms with van der Waals surface area (Å²) in [5.74, 6) is -7.03. The van der Waals surface area contributed by atoms with Gasteiger partial charge in [0.15, 0.2) is 5.65 Å². The number of hydrogen-bond donors (Lipinski definition) is 2. The number of amides is 2. The summed E-state index contributed by atoms with van der Waals surface area (Å²) >= 11 is 0. The zero-order valence-electron chi connectivity index (χ0n) is 16.8. The molecule has 5 rings (SSSR count). The van der Waals surface area contributed by atoms with E-state index < -0.39 is 29.7 Å². The lowest BCUT2D eigenvalue weighted by Crippen LogP contribution is -2.40. The first kappa shape index (κ1) is 20.5. The standard InChI is InChI=1S/C20H24F4N6O/c21-19(22)3-1-12(2-4-19)17(25)15-10-30-16(28-15)5-11(6-27-30)8-29-9-14-13(20(14,23)24)7-26-18(29)31/h5-6,10,12-14,17H,1-4,7-9,25H2,(H,26,31)/t13-,14+,17+/m1/s1. The van der Waals surface area contributed by atoms with Crippen LogP contribution in [0.3, 0.4) is 0 Å². The van der Waals surface area contributed by atoms with Gasteiger partial charge in [-0.25, -0.2) is 31.9 Å². The molecule has 31 heavy (non-hydrogen) atoms. The van der Waals surface area contributed by atoms with Gasteiger partial charge in [0.1, 0.15) is 0 Å². The third-order valence-corrected chi connectivity index (χ3v) is 6.92. The van der Waals surface area contributed by atoms with Crippen LogP contribution in [-0.4, -0.2) is 50.5 Å². The molecule has 11 heteroatoms. The maximum absolute atomic E-state index is 13.7.